The van der Waals surface area contributed by atoms with Crippen molar-refractivity contribution in [3.63, 3.8) is 0 Å². The Bertz CT molecular complexity index is 814. The van der Waals surface area contributed by atoms with Gasteiger partial charge in [-0.05, 0) is 44.2 Å². The fourth-order valence-corrected chi connectivity index (χ4v) is 3.72. The molecule has 0 spiro atoms. The molecule has 2 aromatic carbocycles. The molecule has 23 heavy (non-hydrogen) atoms. The van der Waals surface area contributed by atoms with E-state index in [9.17, 15) is 0 Å². The highest BCUT2D eigenvalue weighted by Crippen LogP contribution is 2.21. The van der Waals surface area contributed by atoms with Gasteiger partial charge in [-0.25, -0.2) is 4.99 Å². The molecule has 4 heteroatoms. The zero-order valence-electron chi connectivity index (χ0n) is 13.9. The third-order valence-corrected chi connectivity index (χ3v) is 5.23. The third kappa shape index (κ3) is 3.27. The van der Waals surface area contributed by atoms with Crippen molar-refractivity contribution in [1.29, 1.82) is 0 Å². The van der Waals surface area contributed by atoms with Gasteiger partial charge in [0.25, 0.3) is 5.01 Å². The van der Waals surface area contributed by atoms with Crippen molar-refractivity contribution in [3.05, 3.63) is 53.5 Å². The van der Waals surface area contributed by atoms with E-state index in [2.05, 4.69) is 83.9 Å². The number of hydrogen-bond acceptors (Lipinski definition) is 3. The summed E-state index contributed by atoms with van der Waals surface area (Å²) >= 11 is 1.76. The van der Waals surface area contributed by atoms with Crippen molar-refractivity contribution in [1.82, 2.24) is 0 Å². The topological polar surface area (TPSA) is 19.5 Å². The van der Waals surface area contributed by atoms with E-state index in [4.69, 9.17) is 0 Å². The molecule has 0 atom stereocenters. The van der Waals surface area contributed by atoms with Crippen molar-refractivity contribution in [3.8, 4) is 0 Å². The van der Waals surface area contributed by atoms with E-state index < -0.39 is 0 Å². The highest BCUT2D eigenvalue weighted by atomic mass is 32.1. The number of aliphatic imine (C=N–C) groups is 1. The minimum absolute atomic E-state index is 0.985. The molecule has 0 fully saturated rings. The Morgan fingerprint density at radius 3 is 2.39 bits per heavy atom. The lowest BCUT2D eigenvalue weighted by Gasteiger charge is -2.20. The fraction of sp³-hybridized carbons (Fsp3) is 0.263. The summed E-state index contributed by atoms with van der Waals surface area (Å²) in [6, 6.07) is 16.9. The summed E-state index contributed by atoms with van der Waals surface area (Å²) in [6.45, 7) is 6.40. The second-order valence-electron chi connectivity index (χ2n) is 5.41. The zero-order valence-corrected chi connectivity index (χ0v) is 14.7. The number of thiazole rings is 1. The van der Waals surface area contributed by atoms with Gasteiger partial charge in [-0.2, -0.15) is 4.57 Å². The van der Waals surface area contributed by atoms with Gasteiger partial charge in [-0.3, -0.25) is 0 Å². The number of hydrogen-bond donors (Lipinski definition) is 0. The number of aromatic nitrogens is 1. The first-order valence-corrected chi connectivity index (χ1v) is 8.81. The van der Waals surface area contributed by atoms with Crippen LogP contribution in [-0.4, -0.2) is 19.3 Å². The minimum Gasteiger partial charge on any atom is -0.372 e. The molecule has 1 aromatic heterocycles. The third-order valence-electron chi connectivity index (χ3n) is 4.07. The molecule has 118 valence electrons. The molecule has 0 amide bonds. The average molecular weight is 324 g/mol. The van der Waals surface area contributed by atoms with E-state index in [1.165, 1.54) is 15.9 Å². The first-order chi connectivity index (χ1) is 11.2. The van der Waals surface area contributed by atoms with Crippen molar-refractivity contribution in [2.45, 2.75) is 13.8 Å². The summed E-state index contributed by atoms with van der Waals surface area (Å²) in [4.78, 5) is 6.96. The maximum absolute atomic E-state index is 4.63. The molecule has 0 saturated carbocycles. The summed E-state index contributed by atoms with van der Waals surface area (Å²) < 4.78 is 3.47. The molecular weight excluding hydrogens is 302 g/mol. The van der Waals surface area contributed by atoms with Crippen molar-refractivity contribution in [2.24, 2.45) is 12.0 Å². The number of fused-ring (bicyclic) bond motifs is 1. The van der Waals surface area contributed by atoms with Gasteiger partial charge in [0.1, 0.15) is 18.0 Å². The maximum Gasteiger partial charge on any atom is 0.281 e. The van der Waals surface area contributed by atoms with Crippen LogP contribution in [0.1, 0.15) is 18.9 Å². The maximum atomic E-state index is 4.63. The summed E-state index contributed by atoms with van der Waals surface area (Å²) in [7, 11) is 2.09. The quantitative estimate of drug-likeness (QED) is 0.505. The predicted octanol–water partition coefficient (Wildman–Crippen LogP) is 4.32. The zero-order chi connectivity index (χ0) is 16.2. The highest BCUT2D eigenvalue weighted by molar-refractivity contribution is 7.19. The summed E-state index contributed by atoms with van der Waals surface area (Å²) in [5.41, 5.74) is 3.48. The molecule has 0 saturated heterocycles. The van der Waals surface area contributed by atoms with Crippen LogP contribution in [0.3, 0.4) is 0 Å². The normalized spacial score (nSPS) is 11.4. The monoisotopic (exact) mass is 324 g/mol. The van der Waals surface area contributed by atoms with Crippen molar-refractivity contribution < 1.29 is 4.57 Å². The molecule has 1 heterocycles. The molecular formula is C19H22N3S+. The molecule has 0 radical (unpaired) electrons. The molecule has 0 aliphatic rings. The van der Waals surface area contributed by atoms with Gasteiger partial charge in [0.15, 0.2) is 0 Å². The van der Waals surface area contributed by atoms with E-state index in [0.717, 1.165) is 23.8 Å². The Morgan fingerprint density at radius 2 is 1.74 bits per heavy atom. The number of para-hydroxylation sites is 1. The van der Waals surface area contributed by atoms with Crippen LogP contribution in [0.25, 0.3) is 10.2 Å². The number of anilines is 1. The van der Waals surface area contributed by atoms with Gasteiger partial charge >= 0.3 is 0 Å². The van der Waals surface area contributed by atoms with Crippen LogP contribution in [0.4, 0.5) is 11.4 Å². The van der Waals surface area contributed by atoms with Crippen LogP contribution in [0.15, 0.2) is 53.5 Å². The Kier molecular flexibility index (Phi) is 4.72. The minimum atomic E-state index is 0.985. The van der Waals surface area contributed by atoms with E-state index in [-0.39, 0.29) is 0 Å². The average Bonchev–Trinajstić information content (AvgIpc) is 2.92. The number of benzene rings is 2. The van der Waals surface area contributed by atoms with E-state index in [1.54, 1.807) is 11.3 Å². The van der Waals surface area contributed by atoms with Crippen LogP contribution in [0.5, 0.6) is 0 Å². The predicted molar refractivity (Wildman–Crippen MR) is 100 cm³/mol. The first-order valence-electron chi connectivity index (χ1n) is 7.99. The molecule has 3 nitrogen and oxygen atoms in total. The Labute approximate surface area is 141 Å². The lowest BCUT2D eigenvalue weighted by Crippen LogP contribution is -2.30. The standard InChI is InChI=1S/C19H22N3S/c1-4-22(5-2)16-12-10-15(11-13-16)20-14-19-21(3)17-8-6-7-9-18(17)23-19/h6-14H,4-5H2,1-3H3/q+1. The summed E-state index contributed by atoms with van der Waals surface area (Å²) in [5, 5.41) is 1.15. The first kappa shape index (κ1) is 15.7. The van der Waals surface area contributed by atoms with Crippen LogP contribution in [-0.2, 0) is 7.05 Å². The van der Waals surface area contributed by atoms with Crippen LogP contribution >= 0.6 is 11.3 Å². The SMILES string of the molecule is CCN(CC)c1ccc(N=Cc2sc3ccccc3[n+]2C)cc1. The van der Waals surface area contributed by atoms with Crippen LogP contribution in [0.2, 0.25) is 0 Å². The molecule has 3 aromatic rings. The second-order valence-corrected chi connectivity index (χ2v) is 6.48. The van der Waals surface area contributed by atoms with Gasteiger partial charge in [0.2, 0.25) is 5.52 Å². The fourth-order valence-electron chi connectivity index (χ4n) is 2.70. The number of aryl methyl sites for hydroxylation is 1. The second kappa shape index (κ2) is 6.92. The highest BCUT2D eigenvalue weighted by Gasteiger charge is 2.13. The van der Waals surface area contributed by atoms with Gasteiger partial charge in [-0.15, -0.1) is 0 Å². The number of nitrogens with zero attached hydrogens (tertiary/aromatic N) is 3. The van der Waals surface area contributed by atoms with Gasteiger partial charge < -0.3 is 4.90 Å². The van der Waals surface area contributed by atoms with Crippen molar-refractivity contribution >= 4 is 39.1 Å². The van der Waals surface area contributed by atoms with Gasteiger partial charge in [0.05, 0.1) is 5.69 Å². The Balaban J connectivity index is 1.83. The van der Waals surface area contributed by atoms with Crippen LogP contribution in [0, 0.1) is 0 Å². The van der Waals surface area contributed by atoms with Crippen LogP contribution < -0.4 is 9.47 Å². The molecule has 0 aliphatic carbocycles. The van der Waals surface area contributed by atoms with E-state index in [1.807, 2.05) is 6.21 Å². The molecule has 0 unspecified atom stereocenters. The molecule has 0 aliphatic heterocycles. The molecule has 0 bridgehead atoms. The molecule has 3 rings (SSSR count). The van der Waals surface area contributed by atoms with Gasteiger partial charge in [0, 0.05) is 24.8 Å². The van der Waals surface area contributed by atoms with Crippen molar-refractivity contribution in [2.75, 3.05) is 18.0 Å². The smallest absolute Gasteiger partial charge is 0.281 e. The Morgan fingerprint density at radius 1 is 1.04 bits per heavy atom. The Hall–Kier alpha value is -2.20. The summed E-state index contributed by atoms with van der Waals surface area (Å²) in [5.74, 6) is 0. The van der Waals surface area contributed by atoms with Gasteiger partial charge in [-0.1, -0.05) is 23.5 Å². The lowest BCUT2D eigenvalue weighted by atomic mass is 10.2. The van der Waals surface area contributed by atoms with E-state index >= 15 is 0 Å². The summed E-state index contributed by atoms with van der Waals surface area (Å²) in [6.07, 6.45) is 1.96. The van der Waals surface area contributed by atoms with E-state index in [0.29, 0.717) is 0 Å². The lowest BCUT2D eigenvalue weighted by molar-refractivity contribution is -0.641. The number of rotatable bonds is 5. The molecule has 0 N–H and O–H groups in total. The largest absolute Gasteiger partial charge is 0.372 e.